The molecular weight excluding hydrogens is 374 g/mol. The molecule has 28 heavy (non-hydrogen) atoms. The normalized spacial score (nSPS) is 12.9. The summed E-state index contributed by atoms with van der Waals surface area (Å²) >= 11 is 1.63. The van der Waals surface area contributed by atoms with Gasteiger partial charge in [0.25, 0.3) is 0 Å². The summed E-state index contributed by atoms with van der Waals surface area (Å²) in [7, 11) is 3.21. The maximum absolute atomic E-state index is 12.0. The van der Waals surface area contributed by atoms with Crippen molar-refractivity contribution in [1.29, 1.82) is 0 Å². The number of amides is 1. The van der Waals surface area contributed by atoms with E-state index in [2.05, 4.69) is 24.3 Å². The maximum Gasteiger partial charge on any atom is 0.247 e. The minimum absolute atomic E-state index is 0.0426. The van der Waals surface area contributed by atoms with Crippen LogP contribution in [0.1, 0.15) is 31.7 Å². The van der Waals surface area contributed by atoms with Gasteiger partial charge >= 0.3 is 0 Å². The number of hydroxylamine groups is 1. The van der Waals surface area contributed by atoms with Crippen LogP contribution in [0.4, 0.5) is 0 Å². The largest absolute Gasteiger partial charge is 0.493 e. The molecule has 2 atom stereocenters. The fourth-order valence-electron chi connectivity index (χ4n) is 3.07. The Labute approximate surface area is 171 Å². The van der Waals surface area contributed by atoms with E-state index in [1.165, 1.54) is 5.56 Å². The average Bonchev–Trinajstić information content (AvgIpc) is 2.75. The third kappa shape index (κ3) is 6.46. The highest BCUT2D eigenvalue weighted by Gasteiger charge is 2.25. The number of hydrogen-bond donors (Lipinski definition) is 2. The average molecular weight is 404 g/mol. The van der Waals surface area contributed by atoms with Gasteiger partial charge in [-0.3, -0.25) is 10.0 Å². The number of methoxy groups -OCH3 is 2. The Hall–Kier alpha value is -2.18. The van der Waals surface area contributed by atoms with Crippen LogP contribution in [0.2, 0.25) is 0 Å². The number of aryl methyl sites for hydroxylation is 1. The van der Waals surface area contributed by atoms with Gasteiger partial charge in [0.15, 0.2) is 11.5 Å². The standard InChI is InChI=1S/C22H29NO4S/c1-16(22(24)23-25)21(12-8-7-11-17-9-5-4-6-10-17)28-18-13-14-19(26-2)20(15-18)27-3/h4-6,9-10,13-16,21,25H,7-8,11-12H2,1-3H3,(H,23,24)/t16-,21+/m1/s1. The molecule has 0 heterocycles. The Morgan fingerprint density at radius 3 is 2.43 bits per heavy atom. The molecule has 0 aliphatic heterocycles. The molecule has 2 rings (SSSR count). The Kier molecular flexibility index (Phi) is 9.17. The van der Waals surface area contributed by atoms with Gasteiger partial charge in [-0.2, -0.15) is 0 Å². The van der Waals surface area contributed by atoms with Gasteiger partial charge < -0.3 is 9.47 Å². The summed E-state index contributed by atoms with van der Waals surface area (Å²) in [5, 5.41) is 9.09. The Morgan fingerprint density at radius 1 is 1.07 bits per heavy atom. The molecule has 0 aliphatic carbocycles. The second-order valence-corrected chi connectivity index (χ2v) is 7.98. The fraction of sp³-hybridized carbons (Fsp3) is 0.409. The van der Waals surface area contributed by atoms with Gasteiger partial charge in [0.05, 0.1) is 14.2 Å². The smallest absolute Gasteiger partial charge is 0.247 e. The van der Waals surface area contributed by atoms with Crippen molar-refractivity contribution in [3.8, 4) is 11.5 Å². The minimum atomic E-state index is -0.360. The maximum atomic E-state index is 12.0. The van der Waals surface area contributed by atoms with Gasteiger partial charge in [0, 0.05) is 16.1 Å². The fourth-order valence-corrected chi connectivity index (χ4v) is 4.35. The van der Waals surface area contributed by atoms with Crippen molar-refractivity contribution >= 4 is 17.7 Å². The van der Waals surface area contributed by atoms with Crippen LogP contribution in [-0.2, 0) is 11.2 Å². The summed E-state index contributed by atoms with van der Waals surface area (Å²) < 4.78 is 10.7. The number of rotatable bonds is 11. The number of benzene rings is 2. The van der Waals surface area contributed by atoms with Crippen LogP contribution in [0, 0.1) is 5.92 Å². The van der Waals surface area contributed by atoms with Crippen molar-refractivity contribution in [1.82, 2.24) is 5.48 Å². The summed E-state index contributed by atoms with van der Waals surface area (Å²) in [6, 6.07) is 16.2. The van der Waals surface area contributed by atoms with E-state index in [1.54, 1.807) is 31.5 Å². The highest BCUT2D eigenvalue weighted by atomic mass is 32.2. The Balaban J connectivity index is 2.01. The molecule has 2 N–H and O–H groups in total. The Bertz CT molecular complexity index is 739. The summed E-state index contributed by atoms with van der Waals surface area (Å²) in [4.78, 5) is 13.0. The van der Waals surface area contributed by atoms with Gasteiger partial charge in [0.2, 0.25) is 5.91 Å². The Morgan fingerprint density at radius 2 is 1.79 bits per heavy atom. The lowest BCUT2D eigenvalue weighted by Crippen LogP contribution is -2.32. The lowest BCUT2D eigenvalue weighted by atomic mass is 10.00. The van der Waals surface area contributed by atoms with Crippen molar-refractivity contribution in [2.24, 2.45) is 5.92 Å². The molecular formula is C22H29NO4S. The third-order valence-corrected chi connectivity index (χ3v) is 6.24. The molecule has 6 heteroatoms. The molecule has 0 saturated heterocycles. The van der Waals surface area contributed by atoms with Crippen molar-refractivity contribution in [3.63, 3.8) is 0 Å². The van der Waals surface area contributed by atoms with Crippen LogP contribution in [0.3, 0.4) is 0 Å². The van der Waals surface area contributed by atoms with Crippen molar-refractivity contribution in [2.45, 2.75) is 42.8 Å². The predicted octanol–water partition coefficient (Wildman–Crippen LogP) is 4.72. The number of ether oxygens (including phenoxy) is 2. The molecule has 5 nitrogen and oxygen atoms in total. The first-order chi connectivity index (χ1) is 13.6. The van der Waals surface area contributed by atoms with Crippen LogP contribution in [0.5, 0.6) is 11.5 Å². The number of nitrogens with one attached hydrogen (secondary N) is 1. The SMILES string of the molecule is COc1ccc(S[C@@H](CCCCc2ccccc2)[C@@H](C)C(=O)NO)cc1OC. The van der Waals surface area contributed by atoms with E-state index in [-0.39, 0.29) is 17.1 Å². The quantitative estimate of drug-likeness (QED) is 0.246. The van der Waals surface area contributed by atoms with Crippen molar-refractivity contribution < 1.29 is 19.5 Å². The molecule has 0 saturated carbocycles. The van der Waals surface area contributed by atoms with Crippen molar-refractivity contribution in [2.75, 3.05) is 14.2 Å². The van der Waals surface area contributed by atoms with Crippen LogP contribution < -0.4 is 15.0 Å². The van der Waals surface area contributed by atoms with Crippen LogP contribution >= 0.6 is 11.8 Å². The zero-order valence-electron chi connectivity index (χ0n) is 16.7. The van der Waals surface area contributed by atoms with E-state index in [9.17, 15) is 4.79 Å². The van der Waals surface area contributed by atoms with Gasteiger partial charge in [0.1, 0.15) is 0 Å². The zero-order valence-corrected chi connectivity index (χ0v) is 17.5. The molecule has 0 fully saturated rings. The number of unbranched alkanes of at least 4 members (excludes halogenated alkanes) is 1. The highest BCUT2D eigenvalue weighted by molar-refractivity contribution is 8.00. The predicted molar refractivity (Wildman–Crippen MR) is 112 cm³/mol. The molecule has 0 bridgehead atoms. The van der Waals surface area contributed by atoms with Gasteiger partial charge in [-0.1, -0.05) is 43.7 Å². The molecule has 2 aromatic carbocycles. The lowest BCUT2D eigenvalue weighted by Gasteiger charge is -2.22. The molecule has 0 aliphatic rings. The highest BCUT2D eigenvalue weighted by Crippen LogP contribution is 2.37. The third-order valence-electron chi connectivity index (χ3n) is 4.77. The molecule has 2 aromatic rings. The molecule has 0 spiro atoms. The van der Waals surface area contributed by atoms with E-state index >= 15 is 0 Å². The van der Waals surface area contributed by atoms with E-state index in [4.69, 9.17) is 14.7 Å². The number of carbonyl (C=O) groups is 1. The first-order valence-electron chi connectivity index (χ1n) is 9.45. The van der Waals surface area contributed by atoms with Crippen LogP contribution in [0.15, 0.2) is 53.4 Å². The molecule has 1 amide bonds. The van der Waals surface area contributed by atoms with E-state index in [0.29, 0.717) is 11.5 Å². The van der Waals surface area contributed by atoms with E-state index < -0.39 is 0 Å². The topological polar surface area (TPSA) is 67.8 Å². The van der Waals surface area contributed by atoms with E-state index in [0.717, 1.165) is 30.6 Å². The van der Waals surface area contributed by atoms with Gasteiger partial charge in [-0.05, 0) is 43.0 Å². The summed E-state index contributed by atoms with van der Waals surface area (Å²) in [5.74, 6) is 0.655. The molecule has 0 radical (unpaired) electrons. The number of hydrogen-bond acceptors (Lipinski definition) is 5. The number of thioether (sulfide) groups is 1. The zero-order chi connectivity index (χ0) is 20.4. The first-order valence-corrected chi connectivity index (χ1v) is 10.3. The second-order valence-electron chi connectivity index (χ2n) is 6.67. The molecule has 0 unspecified atom stereocenters. The summed E-state index contributed by atoms with van der Waals surface area (Å²) in [6.07, 6.45) is 3.96. The van der Waals surface area contributed by atoms with Gasteiger partial charge in [-0.15, -0.1) is 11.8 Å². The van der Waals surface area contributed by atoms with Crippen LogP contribution in [0.25, 0.3) is 0 Å². The molecule has 0 aromatic heterocycles. The summed E-state index contributed by atoms with van der Waals surface area (Å²) in [5.41, 5.74) is 3.12. The summed E-state index contributed by atoms with van der Waals surface area (Å²) in [6.45, 7) is 1.85. The first kappa shape index (κ1) is 22.1. The molecule has 152 valence electrons. The number of carbonyl (C=O) groups excluding carboxylic acids is 1. The monoisotopic (exact) mass is 403 g/mol. The second kappa shape index (κ2) is 11.6. The lowest BCUT2D eigenvalue weighted by molar-refractivity contribution is -0.132. The van der Waals surface area contributed by atoms with Crippen molar-refractivity contribution in [3.05, 3.63) is 54.1 Å². The minimum Gasteiger partial charge on any atom is -0.493 e. The van der Waals surface area contributed by atoms with Gasteiger partial charge in [-0.25, -0.2) is 5.48 Å². The van der Waals surface area contributed by atoms with Crippen LogP contribution in [-0.4, -0.2) is 30.6 Å². The van der Waals surface area contributed by atoms with E-state index in [1.807, 2.05) is 31.2 Å².